The fourth-order valence-corrected chi connectivity index (χ4v) is 3.47. The number of methoxy groups -OCH3 is 1. The van der Waals surface area contributed by atoms with Crippen LogP contribution in [0.2, 0.25) is 0 Å². The second-order valence-electron chi connectivity index (χ2n) is 7.47. The molecular formula is C23H29N5O4. The van der Waals surface area contributed by atoms with Gasteiger partial charge in [0.2, 0.25) is 5.91 Å². The van der Waals surface area contributed by atoms with Gasteiger partial charge in [-0.1, -0.05) is 0 Å². The van der Waals surface area contributed by atoms with Crippen molar-refractivity contribution >= 4 is 35.0 Å². The summed E-state index contributed by atoms with van der Waals surface area (Å²) in [6, 6.07) is 13.3. The summed E-state index contributed by atoms with van der Waals surface area (Å²) >= 11 is 0. The van der Waals surface area contributed by atoms with Gasteiger partial charge in [-0.3, -0.25) is 4.79 Å². The predicted octanol–water partition coefficient (Wildman–Crippen LogP) is 3.72. The van der Waals surface area contributed by atoms with Gasteiger partial charge in [0.15, 0.2) is 0 Å². The topological polar surface area (TPSA) is 112 Å². The number of carbonyl (C=O) groups is 3. The molecule has 170 valence electrons. The summed E-state index contributed by atoms with van der Waals surface area (Å²) in [5.74, 6) is 0.736. The zero-order valence-corrected chi connectivity index (χ0v) is 18.3. The van der Waals surface area contributed by atoms with Gasteiger partial charge in [-0.25, -0.2) is 9.59 Å². The SMILES string of the molecule is CCNC(=O)C1CCN(C(=O)Nc2ccc(NC(=O)Nc3ccc(OC)cc3)cc2)CC1. The van der Waals surface area contributed by atoms with Crippen LogP contribution in [-0.2, 0) is 4.79 Å². The Morgan fingerprint density at radius 2 is 1.38 bits per heavy atom. The van der Waals surface area contributed by atoms with Crippen molar-refractivity contribution in [1.82, 2.24) is 10.2 Å². The molecule has 0 aromatic heterocycles. The number of piperidine rings is 1. The molecule has 4 N–H and O–H groups in total. The summed E-state index contributed by atoms with van der Waals surface area (Å²) in [5.41, 5.74) is 1.86. The van der Waals surface area contributed by atoms with Gasteiger partial charge in [0, 0.05) is 42.6 Å². The highest BCUT2D eigenvalue weighted by Crippen LogP contribution is 2.20. The van der Waals surface area contributed by atoms with E-state index in [4.69, 9.17) is 4.74 Å². The van der Waals surface area contributed by atoms with Crippen LogP contribution in [0.3, 0.4) is 0 Å². The molecule has 1 fully saturated rings. The Balaban J connectivity index is 1.45. The minimum absolute atomic E-state index is 0.0339. The summed E-state index contributed by atoms with van der Waals surface area (Å²) in [5, 5.41) is 11.2. The predicted molar refractivity (Wildman–Crippen MR) is 124 cm³/mol. The third kappa shape index (κ3) is 6.37. The zero-order valence-electron chi connectivity index (χ0n) is 18.3. The summed E-state index contributed by atoms with van der Waals surface area (Å²) < 4.78 is 5.09. The van der Waals surface area contributed by atoms with Crippen molar-refractivity contribution in [3.05, 3.63) is 48.5 Å². The van der Waals surface area contributed by atoms with Gasteiger partial charge in [-0.15, -0.1) is 0 Å². The van der Waals surface area contributed by atoms with Crippen LogP contribution in [-0.4, -0.2) is 49.6 Å². The third-order valence-corrected chi connectivity index (χ3v) is 5.25. The molecule has 9 nitrogen and oxygen atoms in total. The Bertz CT molecular complexity index is 922. The average molecular weight is 440 g/mol. The van der Waals surface area contributed by atoms with Crippen LogP contribution in [0.4, 0.5) is 26.7 Å². The van der Waals surface area contributed by atoms with Crippen LogP contribution in [0.1, 0.15) is 19.8 Å². The summed E-state index contributed by atoms with van der Waals surface area (Å²) in [6.07, 6.45) is 1.32. The molecule has 0 aliphatic carbocycles. The van der Waals surface area contributed by atoms with Gasteiger partial charge in [0.1, 0.15) is 5.75 Å². The van der Waals surface area contributed by atoms with Gasteiger partial charge in [-0.2, -0.15) is 0 Å². The molecule has 1 aliphatic rings. The van der Waals surface area contributed by atoms with Crippen molar-refractivity contribution in [2.45, 2.75) is 19.8 Å². The molecule has 2 aromatic rings. The van der Waals surface area contributed by atoms with E-state index in [2.05, 4.69) is 21.3 Å². The summed E-state index contributed by atoms with van der Waals surface area (Å²) in [4.78, 5) is 38.3. The Labute approximate surface area is 187 Å². The van der Waals surface area contributed by atoms with E-state index in [1.807, 2.05) is 6.92 Å². The molecule has 0 radical (unpaired) electrons. The Hall–Kier alpha value is -3.75. The van der Waals surface area contributed by atoms with E-state index in [1.165, 1.54) is 0 Å². The lowest BCUT2D eigenvalue weighted by atomic mass is 9.96. The maximum atomic E-state index is 12.5. The second kappa shape index (κ2) is 11.0. The van der Waals surface area contributed by atoms with E-state index < -0.39 is 0 Å². The van der Waals surface area contributed by atoms with Crippen molar-refractivity contribution < 1.29 is 19.1 Å². The molecule has 1 saturated heterocycles. The van der Waals surface area contributed by atoms with Gasteiger partial charge >= 0.3 is 12.1 Å². The number of hydrogen-bond donors (Lipinski definition) is 4. The minimum Gasteiger partial charge on any atom is -0.497 e. The zero-order chi connectivity index (χ0) is 22.9. The molecule has 0 spiro atoms. The number of rotatable bonds is 6. The minimum atomic E-state index is -0.373. The van der Waals surface area contributed by atoms with Crippen molar-refractivity contribution in [3.63, 3.8) is 0 Å². The quantitative estimate of drug-likeness (QED) is 0.550. The molecule has 1 aliphatic heterocycles. The largest absolute Gasteiger partial charge is 0.497 e. The number of benzene rings is 2. The first-order valence-electron chi connectivity index (χ1n) is 10.6. The number of anilines is 3. The molecule has 3 rings (SSSR count). The lowest BCUT2D eigenvalue weighted by Crippen LogP contribution is -2.44. The fraction of sp³-hybridized carbons (Fsp3) is 0.348. The molecule has 0 atom stereocenters. The Morgan fingerprint density at radius 1 is 0.875 bits per heavy atom. The smallest absolute Gasteiger partial charge is 0.323 e. The highest BCUT2D eigenvalue weighted by atomic mass is 16.5. The third-order valence-electron chi connectivity index (χ3n) is 5.25. The number of carbonyl (C=O) groups excluding carboxylic acids is 3. The molecule has 0 unspecified atom stereocenters. The van der Waals surface area contributed by atoms with Crippen molar-refractivity contribution in [1.29, 1.82) is 0 Å². The number of amides is 5. The second-order valence-corrected chi connectivity index (χ2v) is 7.47. The fourth-order valence-electron chi connectivity index (χ4n) is 3.47. The van der Waals surface area contributed by atoms with E-state index in [1.54, 1.807) is 60.5 Å². The van der Waals surface area contributed by atoms with Crippen LogP contribution >= 0.6 is 0 Å². The summed E-state index contributed by atoms with van der Waals surface area (Å²) in [7, 11) is 1.58. The molecule has 32 heavy (non-hydrogen) atoms. The van der Waals surface area contributed by atoms with Gasteiger partial charge in [0.25, 0.3) is 0 Å². The van der Waals surface area contributed by atoms with E-state index in [-0.39, 0.29) is 23.9 Å². The molecule has 1 heterocycles. The van der Waals surface area contributed by atoms with Crippen LogP contribution in [0.15, 0.2) is 48.5 Å². The molecule has 0 bridgehead atoms. The Morgan fingerprint density at radius 3 is 1.88 bits per heavy atom. The normalized spacial score (nSPS) is 13.8. The maximum Gasteiger partial charge on any atom is 0.323 e. The summed E-state index contributed by atoms with van der Waals surface area (Å²) in [6.45, 7) is 3.60. The van der Waals surface area contributed by atoms with Crippen molar-refractivity contribution in [3.8, 4) is 5.75 Å². The molecular weight excluding hydrogens is 410 g/mol. The Kier molecular flexibility index (Phi) is 7.91. The van der Waals surface area contributed by atoms with Crippen molar-refractivity contribution in [2.75, 3.05) is 42.7 Å². The van der Waals surface area contributed by atoms with Crippen LogP contribution < -0.4 is 26.0 Å². The van der Waals surface area contributed by atoms with Crippen LogP contribution in [0.5, 0.6) is 5.75 Å². The number of urea groups is 2. The number of hydrogen-bond acceptors (Lipinski definition) is 4. The highest BCUT2D eigenvalue weighted by Gasteiger charge is 2.27. The monoisotopic (exact) mass is 439 g/mol. The van der Waals surface area contributed by atoms with E-state index in [9.17, 15) is 14.4 Å². The highest BCUT2D eigenvalue weighted by molar-refractivity contribution is 6.00. The van der Waals surface area contributed by atoms with Gasteiger partial charge in [-0.05, 0) is 68.3 Å². The standard InChI is InChI=1S/C23H29N5O4/c1-3-24-21(29)16-12-14-28(15-13-16)23(31)27-19-6-4-17(5-7-19)25-22(30)26-18-8-10-20(32-2)11-9-18/h4-11,16H,3,12-15H2,1-2H3,(H,24,29)(H,27,31)(H2,25,26,30). The van der Waals surface area contributed by atoms with E-state index >= 15 is 0 Å². The lowest BCUT2D eigenvalue weighted by molar-refractivity contribution is -0.126. The van der Waals surface area contributed by atoms with Gasteiger partial charge in [0.05, 0.1) is 7.11 Å². The first kappa shape index (κ1) is 22.9. The van der Waals surface area contributed by atoms with Gasteiger partial charge < -0.3 is 30.9 Å². The number of likely N-dealkylation sites (tertiary alicyclic amines) is 1. The average Bonchev–Trinajstić information content (AvgIpc) is 2.81. The lowest BCUT2D eigenvalue weighted by Gasteiger charge is -2.31. The molecule has 2 aromatic carbocycles. The number of nitrogens with zero attached hydrogens (tertiary/aromatic N) is 1. The van der Waals surface area contributed by atoms with Crippen LogP contribution in [0, 0.1) is 5.92 Å². The first-order chi connectivity index (χ1) is 15.5. The first-order valence-corrected chi connectivity index (χ1v) is 10.6. The van der Waals surface area contributed by atoms with Crippen LogP contribution in [0.25, 0.3) is 0 Å². The maximum absolute atomic E-state index is 12.5. The van der Waals surface area contributed by atoms with E-state index in [0.717, 1.165) is 0 Å². The van der Waals surface area contributed by atoms with E-state index in [0.29, 0.717) is 55.3 Å². The number of ether oxygens (including phenoxy) is 1. The molecule has 0 saturated carbocycles. The molecule has 9 heteroatoms. The van der Waals surface area contributed by atoms with Crippen molar-refractivity contribution in [2.24, 2.45) is 5.92 Å². The number of nitrogens with one attached hydrogen (secondary N) is 4. The molecule has 5 amide bonds.